The van der Waals surface area contributed by atoms with Gasteiger partial charge in [0.05, 0.1) is 5.75 Å². The van der Waals surface area contributed by atoms with Crippen LogP contribution in [-0.2, 0) is 71.4 Å². The van der Waals surface area contributed by atoms with Crippen LogP contribution < -0.4 is 0 Å². The smallest absolute Gasteiger partial charge is 0.0506 e. The molecule has 7 aliphatic carbocycles. The first-order valence-corrected chi connectivity index (χ1v) is 59.2. The van der Waals surface area contributed by atoms with Gasteiger partial charge in [-0.1, -0.05) is 168 Å². The van der Waals surface area contributed by atoms with Crippen molar-refractivity contribution in [2.75, 3.05) is 69.0 Å². The largest absolute Gasteiger partial charge is 0.257 e. The molecule has 19 unspecified atom stereocenters. The van der Waals surface area contributed by atoms with Gasteiger partial charge in [0.1, 0.15) is 0 Å². The molecule has 29 atom stereocenters. The molecule has 15 rings (SSSR count). The van der Waals surface area contributed by atoms with Gasteiger partial charge in [-0.05, 0) is 266 Å². The maximum absolute atomic E-state index is 11.9. The fourth-order valence-corrected chi connectivity index (χ4v) is 46.0. The van der Waals surface area contributed by atoms with Crippen LogP contribution in [0.5, 0.6) is 0 Å². The van der Waals surface area contributed by atoms with Crippen molar-refractivity contribution in [1.29, 1.82) is 0 Å². The molecule has 7 saturated carbocycles. The molecule has 7 heterocycles. The lowest BCUT2D eigenvalue weighted by Gasteiger charge is -2.42. The Hall–Kier alpha value is 1.81. The summed E-state index contributed by atoms with van der Waals surface area (Å²) in [6.45, 7) is 18.8. The zero-order valence-electron chi connectivity index (χ0n) is 58.0. The molecule has 0 radical (unpaired) electrons. The lowest BCUT2D eigenvalue weighted by molar-refractivity contribution is 0.161. The van der Waals surface area contributed by atoms with Crippen molar-refractivity contribution < 1.29 is 29.5 Å². The van der Waals surface area contributed by atoms with Gasteiger partial charge in [0.25, 0.3) is 0 Å². The minimum absolute atomic E-state index is 0.633. The average molecular weight is 1550 g/mol. The summed E-state index contributed by atoms with van der Waals surface area (Å²) in [6.07, 6.45) is 20.2. The molecular weight excluding hydrogens is 1430 g/mol. The molecule has 7 nitrogen and oxygen atoms in total. The molecule has 0 aromatic heterocycles. The molecule has 7 aliphatic heterocycles. The fraction of sp³-hybridized carbons (Fsp3) is 0.819. The summed E-state index contributed by atoms with van der Waals surface area (Å²) >= 11 is 0. The second-order valence-corrected chi connectivity index (χ2v) is 66.7. The van der Waals surface area contributed by atoms with Crippen molar-refractivity contribution in [3.63, 3.8) is 0 Å². The van der Waals surface area contributed by atoms with Gasteiger partial charge >= 0.3 is 0 Å². The van der Waals surface area contributed by atoms with Crippen LogP contribution in [0.25, 0.3) is 0 Å². The second-order valence-electron chi connectivity index (χ2n) is 32.3. The zero-order valence-corrected chi connectivity index (χ0v) is 69.5. The molecule has 21 heteroatoms. The Morgan fingerprint density at radius 1 is 0.290 bits per heavy atom. The van der Waals surface area contributed by atoms with E-state index in [1.165, 1.54) is 118 Å². The summed E-state index contributed by atoms with van der Waals surface area (Å²) in [5.41, 5.74) is 2.52. The third-order valence-corrected chi connectivity index (χ3v) is 52.7. The van der Waals surface area contributed by atoms with Crippen LogP contribution in [0.3, 0.4) is 0 Å². The minimum atomic E-state index is -1.88. The van der Waals surface area contributed by atoms with Gasteiger partial charge in [-0.3, -0.25) is 29.5 Å². The van der Waals surface area contributed by atoms with E-state index in [0.717, 1.165) is 181 Å². The van der Waals surface area contributed by atoms with E-state index in [9.17, 15) is 29.5 Å². The number of rotatable bonds is 0. The molecule has 0 N–H and O–H groups in total. The number of benzene rings is 1. The molecule has 2 bridgehead atoms. The van der Waals surface area contributed by atoms with Crippen molar-refractivity contribution in [1.82, 2.24) is 0 Å². The predicted molar refractivity (Wildman–Crippen MR) is 444 cm³/mol. The molecule has 1 aromatic carbocycles. The first-order valence-electron chi connectivity index (χ1n) is 35.4. The third kappa shape index (κ3) is 22.9. The number of hydrogen-bond donors (Lipinski definition) is 0. The van der Waals surface area contributed by atoms with E-state index in [1.54, 1.807) is 64.8 Å². The first kappa shape index (κ1) is 78.9. The summed E-state index contributed by atoms with van der Waals surface area (Å²) in [5.74, 6) is 58.2. The van der Waals surface area contributed by atoms with Crippen LogP contribution in [0, 0.1) is 130 Å². The van der Waals surface area contributed by atoms with Crippen LogP contribution in [-0.4, -0.2) is 140 Å². The van der Waals surface area contributed by atoms with Crippen molar-refractivity contribution in [2.24, 2.45) is 130 Å². The van der Waals surface area contributed by atoms with Gasteiger partial charge in [-0.25, -0.2) is 0 Å². The van der Waals surface area contributed by atoms with Crippen molar-refractivity contribution in [3.8, 4) is 0 Å². The Morgan fingerprint density at radius 3 is 0.957 bits per heavy atom. The normalized spacial score (nSPS) is 50.6. The quantitative estimate of drug-likeness (QED) is 0.181. The van der Waals surface area contributed by atoms with E-state index >= 15 is 0 Å². The average Bonchev–Trinajstić information content (AvgIpc) is 1.67. The topological polar surface area (TPSA) is 119 Å². The van der Waals surface area contributed by atoms with Gasteiger partial charge in [0.2, 0.25) is 0 Å². The number of fused-ring (bicyclic) bond motifs is 11. The highest BCUT2D eigenvalue weighted by Crippen LogP contribution is 2.57. The van der Waals surface area contributed by atoms with E-state index in [1.807, 2.05) is 18.2 Å². The monoisotopic (exact) mass is 1550 g/mol. The molecule has 536 valence electrons. The lowest BCUT2D eigenvalue weighted by atomic mass is 9.71. The van der Waals surface area contributed by atoms with Crippen molar-refractivity contribution in [2.45, 2.75) is 163 Å². The summed E-state index contributed by atoms with van der Waals surface area (Å²) in [4.78, 5) is 0. The molecule has 1 aromatic rings. The van der Waals surface area contributed by atoms with Crippen LogP contribution in [0.4, 0.5) is 0 Å². The Kier molecular flexibility index (Phi) is 28.3. The molecule has 14 aliphatic rings. The van der Waals surface area contributed by atoms with E-state index in [4.69, 9.17) is 0 Å². The van der Waals surface area contributed by atoms with E-state index in [0.29, 0.717) is 29.4 Å². The second kappa shape index (κ2) is 33.3. The minimum Gasteiger partial charge on any atom is -0.257 e. The molecule has 0 amide bonds. The first-order chi connectivity index (χ1) is 43.4. The van der Waals surface area contributed by atoms with Gasteiger partial charge in [-0.15, -0.1) is 0 Å². The van der Waals surface area contributed by atoms with E-state index in [2.05, 4.69) is 103 Å². The van der Waals surface area contributed by atoms with Crippen molar-refractivity contribution >= 4 is 177 Å². The van der Waals surface area contributed by atoms with Gasteiger partial charge in [0, 0.05) is 135 Å². The Bertz CT molecular complexity index is 3220. The third-order valence-electron chi connectivity index (χ3n) is 25.0. The summed E-state index contributed by atoms with van der Waals surface area (Å²) in [6, 6.07) is 8.15. The van der Waals surface area contributed by atoms with Gasteiger partial charge in [0.15, 0.2) is 0 Å². The van der Waals surface area contributed by atoms with Crippen LogP contribution in [0.2, 0.25) is 0 Å². The predicted octanol–water partition coefficient (Wildman–Crippen LogP) is 16.9. The molecular formula is C72H122O7S14. The Labute approximate surface area is 597 Å². The fourth-order valence-electron chi connectivity index (χ4n) is 18.4. The standard InChI is InChI=1S/4C11H20OS2.C10H16OS2.C9H16OS2.C9H10OS2/c4*1-8-4-10-6-13-14(3,12)7-11(10)5-9(8)2;1-13(11)6-10-8-3-2-7(4-8)9(10)5-12-13;2*1-12(10)7-9-5-3-2-4-8(9)6-11-12/h4*8-11H,3-7H2,1-2H3;7-10H,1-6H2;8-9H,1-7H2;2-5H,1,6-7H2/t2*8-,9+,10?,11?,14?;2*8-,9-,10?,11?,14?;7-,8+,9?,10?,13?;;/m10100../s1. The molecule has 13 fully saturated rings. The Morgan fingerprint density at radius 2 is 0.581 bits per heavy atom. The highest BCUT2D eigenvalue weighted by atomic mass is 33.2. The van der Waals surface area contributed by atoms with Gasteiger partial charge < -0.3 is 0 Å². The van der Waals surface area contributed by atoms with Gasteiger partial charge in [-0.2, -0.15) is 0 Å². The van der Waals surface area contributed by atoms with Crippen LogP contribution in [0.1, 0.15) is 163 Å². The zero-order chi connectivity index (χ0) is 67.6. The maximum Gasteiger partial charge on any atom is 0.0506 e. The van der Waals surface area contributed by atoms with E-state index < -0.39 is 59.9 Å². The SMILES string of the molecule is C=S1(=O)CC2C(CS1)[C@H]1CC[C@@H]2C1.C=S1(=O)CC2CCCCC2CS1.C=S1(=O)CC2C[C@@H](C)[C@@H](C)CC2CS1.C=S1(=O)CC2C[C@@H](C)[C@H](C)CC2CS1.C=S1(=O)CC2C[C@H](C)[C@@H](C)CC2CS1.C=S1(=O)CC2C[C@H](C)[C@H](C)CC2CS1.C=S1(=O)Cc2ccccc2CS1. The number of hydrogen-bond acceptors (Lipinski definition) is 14. The summed E-state index contributed by atoms with van der Waals surface area (Å²) in [7, 11) is -1.21. The molecule has 0 spiro atoms. The molecule has 6 saturated heterocycles. The highest BCUT2D eigenvalue weighted by molar-refractivity contribution is 8.77. The highest BCUT2D eigenvalue weighted by Gasteiger charge is 2.50. The maximum atomic E-state index is 11.9. The van der Waals surface area contributed by atoms with Crippen LogP contribution >= 0.6 is 75.6 Å². The summed E-state index contributed by atoms with van der Waals surface area (Å²) < 4.78 is 82.8. The Balaban J connectivity index is 0.000000128. The lowest BCUT2D eigenvalue weighted by Crippen LogP contribution is -2.37. The molecule has 93 heavy (non-hydrogen) atoms. The van der Waals surface area contributed by atoms with Crippen molar-refractivity contribution in [3.05, 3.63) is 35.4 Å². The van der Waals surface area contributed by atoms with Crippen LogP contribution in [0.15, 0.2) is 24.3 Å². The van der Waals surface area contributed by atoms with E-state index in [-0.39, 0.29) is 0 Å². The summed E-state index contributed by atoms with van der Waals surface area (Å²) in [5, 5.41) is 0.